The number of rotatable bonds is 4. The van der Waals surface area contributed by atoms with E-state index in [2.05, 4.69) is 0 Å². The average Bonchev–Trinajstić information content (AvgIpc) is 3.14. The molecule has 1 aromatic heterocycles. The summed E-state index contributed by atoms with van der Waals surface area (Å²) in [6, 6.07) is 10.7. The van der Waals surface area contributed by atoms with E-state index in [4.69, 9.17) is 4.42 Å². The molecular formula is C21H17N3O5. The molecule has 2 heterocycles. The molecule has 1 aliphatic rings. The van der Waals surface area contributed by atoms with Gasteiger partial charge in [0.15, 0.2) is 0 Å². The summed E-state index contributed by atoms with van der Waals surface area (Å²) in [5.74, 6) is -0.402. The van der Waals surface area contributed by atoms with E-state index in [-0.39, 0.29) is 22.4 Å². The largest absolute Gasteiger partial charge is 0.457 e. The highest BCUT2D eigenvalue weighted by molar-refractivity contribution is 6.19. The predicted octanol–water partition coefficient (Wildman–Crippen LogP) is 3.86. The van der Waals surface area contributed by atoms with Gasteiger partial charge in [0.25, 0.3) is 17.5 Å². The van der Waals surface area contributed by atoms with E-state index in [1.807, 2.05) is 6.07 Å². The zero-order valence-corrected chi connectivity index (χ0v) is 16.0. The minimum atomic E-state index is -0.612. The van der Waals surface area contributed by atoms with Gasteiger partial charge in [0, 0.05) is 29.3 Å². The Morgan fingerprint density at radius 2 is 1.93 bits per heavy atom. The third-order valence-electron chi connectivity index (χ3n) is 4.54. The van der Waals surface area contributed by atoms with Gasteiger partial charge in [-0.2, -0.15) is 5.26 Å². The lowest BCUT2D eigenvalue weighted by atomic mass is 9.94. The molecule has 0 atom stereocenters. The Balaban J connectivity index is 2.04. The summed E-state index contributed by atoms with van der Waals surface area (Å²) in [6.07, 6.45) is 1.47. The second-order valence-corrected chi connectivity index (χ2v) is 6.75. The fraction of sp³-hybridized carbons (Fsp3) is 0.190. The van der Waals surface area contributed by atoms with Crippen molar-refractivity contribution in [2.75, 3.05) is 0 Å². The number of nitrogens with zero attached hydrogens (tertiary/aromatic N) is 3. The molecule has 8 heteroatoms. The van der Waals surface area contributed by atoms with Crippen LogP contribution in [0.1, 0.15) is 26.5 Å². The maximum absolute atomic E-state index is 12.8. The van der Waals surface area contributed by atoms with Crippen LogP contribution in [0.5, 0.6) is 0 Å². The number of benzene rings is 1. The van der Waals surface area contributed by atoms with Gasteiger partial charge < -0.3 is 4.42 Å². The van der Waals surface area contributed by atoms with E-state index in [0.29, 0.717) is 17.1 Å². The van der Waals surface area contributed by atoms with Crippen LogP contribution in [-0.4, -0.2) is 27.7 Å². The highest BCUT2D eigenvalue weighted by Crippen LogP contribution is 2.30. The molecule has 29 heavy (non-hydrogen) atoms. The predicted molar refractivity (Wildman–Crippen MR) is 104 cm³/mol. The van der Waals surface area contributed by atoms with Crippen molar-refractivity contribution >= 4 is 23.6 Å². The first-order valence-electron chi connectivity index (χ1n) is 8.80. The summed E-state index contributed by atoms with van der Waals surface area (Å²) < 4.78 is 5.74. The Hall–Kier alpha value is -3.99. The summed E-state index contributed by atoms with van der Waals surface area (Å²) in [6.45, 7) is 4.93. The quantitative estimate of drug-likeness (QED) is 0.338. The van der Waals surface area contributed by atoms with Crippen LogP contribution in [0, 0.1) is 21.4 Å². The van der Waals surface area contributed by atoms with Crippen LogP contribution < -0.4 is 0 Å². The van der Waals surface area contributed by atoms with Crippen LogP contribution in [0.4, 0.5) is 5.69 Å². The first-order chi connectivity index (χ1) is 13.7. The lowest BCUT2D eigenvalue weighted by molar-refractivity contribution is -0.384. The molecule has 0 bridgehead atoms. The van der Waals surface area contributed by atoms with Crippen LogP contribution in [0.15, 0.2) is 57.5 Å². The third kappa shape index (κ3) is 3.58. The van der Waals surface area contributed by atoms with Gasteiger partial charge in [-0.15, -0.1) is 0 Å². The summed E-state index contributed by atoms with van der Waals surface area (Å²) >= 11 is 0. The van der Waals surface area contributed by atoms with Crippen molar-refractivity contribution in [1.29, 1.82) is 5.26 Å². The zero-order chi connectivity index (χ0) is 21.3. The number of hydrogen-bond donors (Lipinski definition) is 0. The molecule has 2 amide bonds. The molecule has 0 aliphatic carbocycles. The van der Waals surface area contributed by atoms with Gasteiger partial charge in [0.05, 0.1) is 4.92 Å². The Morgan fingerprint density at radius 3 is 2.55 bits per heavy atom. The van der Waals surface area contributed by atoms with Gasteiger partial charge in [-0.05, 0) is 44.6 Å². The maximum atomic E-state index is 12.8. The van der Waals surface area contributed by atoms with Crippen molar-refractivity contribution in [3.8, 4) is 17.4 Å². The zero-order valence-electron chi connectivity index (χ0n) is 16.0. The van der Waals surface area contributed by atoms with Crippen molar-refractivity contribution in [2.24, 2.45) is 0 Å². The number of nitro benzene ring substituents is 1. The van der Waals surface area contributed by atoms with Crippen LogP contribution >= 0.6 is 0 Å². The molecule has 2 aromatic rings. The van der Waals surface area contributed by atoms with Crippen LogP contribution in [0.25, 0.3) is 17.4 Å². The Bertz CT molecular complexity index is 1130. The van der Waals surface area contributed by atoms with Crippen LogP contribution in [0.3, 0.4) is 0 Å². The number of carbonyl (C=O) groups is 2. The number of amides is 2. The van der Waals surface area contributed by atoms with Gasteiger partial charge in [0.2, 0.25) is 0 Å². The Morgan fingerprint density at radius 1 is 1.21 bits per heavy atom. The number of nitriles is 1. The number of carbonyl (C=O) groups excluding carboxylic acids is 2. The molecular weight excluding hydrogens is 374 g/mol. The topological polar surface area (TPSA) is 117 Å². The molecule has 0 saturated carbocycles. The number of imide groups is 1. The molecule has 3 rings (SSSR count). The first-order valence-corrected chi connectivity index (χ1v) is 8.80. The summed E-state index contributed by atoms with van der Waals surface area (Å²) in [4.78, 5) is 36.7. The average molecular weight is 391 g/mol. The van der Waals surface area contributed by atoms with Crippen LogP contribution in [-0.2, 0) is 9.59 Å². The lowest BCUT2D eigenvalue weighted by Gasteiger charge is -2.30. The normalized spacial score (nSPS) is 16.0. The Kier molecular flexibility index (Phi) is 5.15. The summed E-state index contributed by atoms with van der Waals surface area (Å²) in [7, 11) is 0. The number of non-ortho nitro benzene ring substituents is 1. The Labute approximate surface area is 166 Å². The van der Waals surface area contributed by atoms with Gasteiger partial charge in [-0.3, -0.25) is 24.6 Å². The smallest absolute Gasteiger partial charge is 0.271 e. The van der Waals surface area contributed by atoms with Crippen molar-refractivity contribution in [3.05, 3.63) is 69.0 Å². The molecule has 0 unspecified atom stereocenters. The molecule has 8 nitrogen and oxygen atoms in total. The van der Waals surface area contributed by atoms with E-state index >= 15 is 0 Å². The van der Waals surface area contributed by atoms with Crippen LogP contribution in [0.2, 0.25) is 0 Å². The van der Waals surface area contributed by atoms with E-state index in [9.17, 15) is 25.0 Å². The van der Waals surface area contributed by atoms with Gasteiger partial charge in [-0.1, -0.05) is 12.1 Å². The molecule has 0 fully saturated rings. The molecule has 0 radical (unpaired) electrons. The summed E-state index contributed by atoms with van der Waals surface area (Å²) in [5.41, 5.74) is 0.838. The third-order valence-corrected chi connectivity index (χ3v) is 4.54. The minimum absolute atomic E-state index is 0.0650. The van der Waals surface area contributed by atoms with Gasteiger partial charge in [-0.25, -0.2) is 0 Å². The lowest BCUT2D eigenvalue weighted by Crippen LogP contribution is -2.46. The minimum Gasteiger partial charge on any atom is -0.457 e. The number of furan rings is 1. The number of nitro groups is 1. The highest BCUT2D eigenvalue weighted by atomic mass is 16.6. The standard InChI is InChI=1S/C21H17N3O5/c1-12(2)23-20(25)17(13(3)18(11-22)21(23)26)10-16-7-8-19(29-16)14-5-4-6-15(9-14)24(27)28/h4-10,12H,1-3H3/b17-10+. The monoisotopic (exact) mass is 391 g/mol. The van der Waals surface area contributed by atoms with E-state index in [0.717, 1.165) is 4.90 Å². The first kappa shape index (κ1) is 19.8. The molecule has 1 aromatic carbocycles. The van der Waals surface area contributed by atoms with Crippen molar-refractivity contribution in [3.63, 3.8) is 0 Å². The van der Waals surface area contributed by atoms with E-state index in [1.165, 1.54) is 18.2 Å². The highest BCUT2D eigenvalue weighted by Gasteiger charge is 2.37. The van der Waals surface area contributed by atoms with Gasteiger partial charge >= 0.3 is 0 Å². The fourth-order valence-electron chi connectivity index (χ4n) is 3.07. The van der Waals surface area contributed by atoms with Crippen molar-refractivity contribution < 1.29 is 18.9 Å². The molecule has 146 valence electrons. The van der Waals surface area contributed by atoms with E-state index < -0.39 is 22.8 Å². The van der Waals surface area contributed by atoms with Crippen molar-refractivity contribution in [2.45, 2.75) is 26.8 Å². The fourth-order valence-corrected chi connectivity index (χ4v) is 3.07. The van der Waals surface area contributed by atoms with E-state index in [1.54, 1.807) is 45.0 Å². The SMILES string of the molecule is CC1=C(C#N)C(=O)N(C(C)C)C(=O)/C1=C/c1ccc(-c2cccc([N+](=O)[O-])c2)o1. The molecule has 0 saturated heterocycles. The molecule has 1 aliphatic heterocycles. The maximum Gasteiger partial charge on any atom is 0.271 e. The van der Waals surface area contributed by atoms with Gasteiger partial charge in [0.1, 0.15) is 23.2 Å². The summed E-state index contributed by atoms with van der Waals surface area (Å²) in [5, 5.41) is 20.3. The molecule has 0 N–H and O–H groups in total. The second kappa shape index (κ2) is 7.56. The second-order valence-electron chi connectivity index (χ2n) is 6.75. The molecule has 0 spiro atoms. The van der Waals surface area contributed by atoms with Crippen molar-refractivity contribution in [1.82, 2.24) is 4.90 Å². The number of hydrogen-bond acceptors (Lipinski definition) is 6.